The van der Waals surface area contributed by atoms with E-state index in [1.807, 2.05) is 30.3 Å². The Morgan fingerprint density at radius 2 is 1.90 bits per heavy atom. The Labute approximate surface area is 190 Å². The van der Waals surface area contributed by atoms with Gasteiger partial charge in [0.1, 0.15) is 12.6 Å². The van der Waals surface area contributed by atoms with Gasteiger partial charge in [0.2, 0.25) is 15.9 Å². The number of hydrogen-bond acceptors (Lipinski definition) is 5. The first-order valence-corrected chi connectivity index (χ1v) is 12.4. The maximum Gasteiger partial charge on any atom is 0.324 e. The number of amides is 1. The molecule has 7 nitrogen and oxygen atoms in total. The van der Waals surface area contributed by atoms with Gasteiger partial charge in [0.15, 0.2) is 0 Å². The molecule has 4 rings (SSSR count). The van der Waals surface area contributed by atoms with Crippen molar-refractivity contribution >= 4 is 43.5 Å². The van der Waals surface area contributed by atoms with Gasteiger partial charge in [-0.05, 0) is 58.5 Å². The summed E-state index contributed by atoms with van der Waals surface area (Å²) in [5.74, 6) is -0.680. The number of benzene rings is 2. The molecule has 0 bridgehead atoms. The zero-order valence-corrected chi connectivity index (χ0v) is 19.5. The second kappa shape index (κ2) is 8.72. The molecular formula is C22H23BrN2O5S. The molecule has 1 atom stereocenters. The van der Waals surface area contributed by atoms with Crippen LogP contribution >= 0.6 is 15.9 Å². The summed E-state index contributed by atoms with van der Waals surface area (Å²) in [5.41, 5.74) is 2.37. The summed E-state index contributed by atoms with van der Waals surface area (Å²) < 4.78 is 34.1. The Hall–Kier alpha value is -2.23. The van der Waals surface area contributed by atoms with Gasteiger partial charge < -0.3 is 9.64 Å². The summed E-state index contributed by atoms with van der Waals surface area (Å²) in [7, 11) is -3.97. The minimum Gasteiger partial charge on any atom is -0.460 e. The zero-order chi connectivity index (χ0) is 22.2. The summed E-state index contributed by atoms with van der Waals surface area (Å²) in [5, 5.41) is 0. The molecule has 2 aliphatic heterocycles. The smallest absolute Gasteiger partial charge is 0.324 e. The fourth-order valence-electron chi connectivity index (χ4n) is 4.13. The first-order chi connectivity index (χ1) is 14.8. The highest BCUT2D eigenvalue weighted by atomic mass is 79.9. The van der Waals surface area contributed by atoms with Crippen LogP contribution in [0.1, 0.15) is 30.9 Å². The highest BCUT2D eigenvalue weighted by Crippen LogP contribution is 2.38. The summed E-state index contributed by atoms with van der Waals surface area (Å²) in [6, 6.07) is 11.7. The SMILES string of the molecule is CC(=O)N1CCc2cc(Br)c(S(=O)(=O)N3CCCC3C(=O)OCc3ccccc3)cc21. The summed E-state index contributed by atoms with van der Waals surface area (Å²) in [6.45, 7) is 2.33. The zero-order valence-electron chi connectivity index (χ0n) is 17.1. The van der Waals surface area contributed by atoms with Crippen LogP contribution in [0.15, 0.2) is 51.8 Å². The first-order valence-electron chi connectivity index (χ1n) is 10.1. The molecule has 1 unspecified atom stereocenters. The van der Waals surface area contributed by atoms with E-state index in [1.54, 1.807) is 11.0 Å². The molecule has 0 spiro atoms. The molecule has 0 N–H and O–H groups in total. The molecule has 1 saturated heterocycles. The number of halogens is 1. The molecule has 9 heteroatoms. The summed E-state index contributed by atoms with van der Waals surface area (Å²) >= 11 is 3.38. The molecule has 0 aromatic heterocycles. The highest BCUT2D eigenvalue weighted by Gasteiger charge is 2.42. The molecule has 1 amide bonds. The lowest BCUT2D eigenvalue weighted by atomic mass is 10.2. The Kier molecular flexibility index (Phi) is 6.18. The molecule has 164 valence electrons. The van der Waals surface area contributed by atoms with Crippen LogP contribution in [-0.2, 0) is 37.4 Å². The number of fused-ring (bicyclic) bond motifs is 1. The normalized spacial score (nSPS) is 18.8. The minimum atomic E-state index is -3.97. The average molecular weight is 507 g/mol. The molecule has 0 saturated carbocycles. The highest BCUT2D eigenvalue weighted by molar-refractivity contribution is 9.10. The van der Waals surface area contributed by atoms with Crippen LogP contribution in [-0.4, -0.2) is 43.7 Å². The Bertz CT molecular complexity index is 1120. The van der Waals surface area contributed by atoms with Gasteiger partial charge in [-0.2, -0.15) is 4.31 Å². The van der Waals surface area contributed by atoms with Crippen molar-refractivity contribution in [2.24, 2.45) is 0 Å². The third-order valence-electron chi connectivity index (χ3n) is 5.70. The van der Waals surface area contributed by atoms with Gasteiger partial charge >= 0.3 is 5.97 Å². The van der Waals surface area contributed by atoms with Crippen molar-refractivity contribution in [3.63, 3.8) is 0 Å². The van der Waals surface area contributed by atoms with E-state index in [0.717, 1.165) is 11.1 Å². The maximum atomic E-state index is 13.5. The molecule has 2 aliphatic rings. The molecular weight excluding hydrogens is 484 g/mol. The lowest BCUT2D eigenvalue weighted by Gasteiger charge is -2.24. The van der Waals surface area contributed by atoms with E-state index in [-0.39, 0.29) is 24.0 Å². The monoisotopic (exact) mass is 506 g/mol. The Morgan fingerprint density at radius 3 is 2.61 bits per heavy atom. The van der Waals surface area contributed by atoms with Crippen molar-refractivity contribution < 1.29 is 22.7 Å². The van der Waals surface area contributed by atoms with Gasteiger partial charge in [-0.1, -0.05) is 30.3 Å². The topological polar surface area (TPSA) is 84.0 Å². The van der Waals surface area contributed by atoms with Crippen LogP contribution in [0.25, 0.3) is 0 Å². The third-order valence-corrected chi connectivity index (χ3v) is 8.56. The number of rotatable bonds is 5. The van der Waals surface area contributed by atoms with Crippen molar-refractivity contribution in [3.05, 3.63) is 58.1 Å². The van der Waals surface area contributed by atoms with Gasteiger partial charge in [-0.25, -0.2) is 8.42 Å². The van der Waals surface area contributed by atoms with E-state index in [0.29, 0.717) is 36.0 Å². The van der Waals surface area contributed by atoms with Crippen LogP contribution < -0.4 is 4.90 Å². The van der Waals surface area contributed by atoms with E-state index < -0.39 is 22.0 Å². The van der Waals surface area contributed by atoms with Gasteiger partial charge in [0.05, 0.1) is 4.90 Å². The lowest BCUT2D eigenvalue weighted by molar-refractivity contribution is -0.148. The maximum absolute atomic E-state index is 13.5. The van der Waals surface area contributed by atoms with Crippen LogP contribution in [0, 0.1) is 0 Å². The van der Waals surface area contributed by atoms with E-state index in [2.05, 4.69) is 15.9 Å². The molecule has 1 fully saturated rings. The number of sulfonamides is 1. The van der Waals surface area contributed by atoms with E-state index in [9.17, 15) is 18.0 Å². The summed E-state index contributed by atoms with van der Waals surface area (Å²) in [4.78, 5) is 26.3. The molecule has 2 aromatic carbocycles. The largest absolute Gasteiger partial charge is 0.460 e. The van der Waals surface area contributed by atoms with Crippen molar-refractivity contribution in [1.82, 2.24) is 4.31 Å². The lowest BCUT2D eigenvalue weighted by Crippen LogP contribution is -2.41. The van der Waals surface area contributed by atoms with Crippen molar-refractivity contribution in [2.75, 3.05) is 18.0 Å². The number of carbonyl (C=O) groups excluding carboxylic acids is 2. The molecule has 0 radical (unpaired) electrons. The van der Waals surface area contributed by atoms with Crippen LogP contribution in [0.3, 0.4) is 0 Å². The van der Waals surface area contributed by atoms with Crippen LogP contribution in [0.5, 0.6) is 0 Å². The second-order valence-corrected chi connectivity index (χ2v) is 10.4. The molecule has 2 aromatic rings. The number of nitrogens with zero attached hydrogens (tertiary/aromatic N) is 2. The first kappa shape index (κ1) is 22.0. The molecule has 2 heterocycles. The number of esters is 1. The average Bonchev–Trinajstić information content (AvgIpc) is 3.39. The van der Waals surface area contributed by atoms with Gasteiger partial charge in [-0.3, -0.25) is 9.59 Å². The summed E-state index contributed by atoms with van der Waals surface area (Å²) in [6.07, 6.45) is 1.66. The van der Waals surface area contributed by atoms with Gasteiger partial charge in [0.25, 0.3) is 0 Å². The fraction of sp³-hybridized carbons (Fsp3) is 0.364. The van der Waals surface area contributed by atoms with Crippen molar-refractivity contribution in [3.8, 4) is 0 Å². The molecule has 31 heavy (non-hydrogen) atoms. The van der Waals surface area contributed by atoms with E-state index >= 15 is 0 Å². The predicted molar refractivity (Wildman–Crippen MR) is 119 cm³/mol. The second-order valence-electron chi connectivity index (χ2n) is 7.70. The van der Waals surface area contributed by atoms with Crippen molar-refractivity contribution in [1.29, 1.82) is 0 Å². The quantitative estimate of drug-likeness (QED) is 0.581. The minimum absolute atomic E-state index is 0.0576. The van der Waals surface area contributed by atoms with Crippen molar-refractivity contribution in [2.45, 2.75) is 43.7 Å². The standard InChI is InChI=1S/C22H23BrN2O5S/c1-15(26)24-11-9-17-12-18(23)21(13-20(17)24)31(28,29)25-10-5-8-19(25)22(27)30-14-16-6-3-2-4-7-16/h2-4,6-7,12-13,19H,5,8-11,14H2,1H3. The van der Waals surface area contributed by atoms with Crippen LogP contribution in [0.4, 0.5) is 5.69 Å². The van der Waals surface area contributed by atoms with E-state index in [1.165, 1.54) is 17.3 Å². The Morgan fingerprint density at radius 1 is 1.16 bits per heavy atom. The van der Waals surface area contributed by atoms with Gasteiger partial charge in [0, 0.05) is 30.2 Å². The Balaban J connectivity index is 1.58. The van der Waals surface area contributed by atoms with Crippen LogP contribution in [0.2, 0.25) is 0 Å². The van der Waals surface area contributed by atoms with Gasteiger partial charge in [-0.15, -0.1) is 0 Å². The third kappa shape index (κ3) is 4.26. The number of anilines is 1. The van der Waals surface area contributed by atoms with E-state index in [4.69, 9.17) is 4.74 Å². The predicted octanol–water partition coefficient (Wildman–Crippen LogP) is 3.25. The number of carbonyl (C=O) groups is 2. The molecule has 0 aliphatic carbocycles. The number of hydrogen-bond donors (Lipinski definition) is 0. The number of ether oxygens (including phenoxy) is 1. The fourth-order valence-corrected chi connectivity index (χ4v) is 6.85.